The van der Waals surface area contributed by atoms with Gasteiger partial charge in [0.05, 0.1) is 0 Å². The molecule has 0 saturated carbocycles. The molecule has 1 unspecified atom stereocenters. The fourth-order valence-electron chi connectivity index (χ4n) is 7.33. The molecular weight excluding hydrogens is 961 g/mol. The number of carbonyl (C=O) groups excluding carboxylic acids is 3. The maximum absolute atomic E-state index is 12.8. The van der Waals surface area contributed by atoms with Gasteiger partial charge >= 0.3 is 17.9 Å². The fourth-order valence-corrected chi connectivity index (χ4v) is 7.33. The van der Waals surface area contributed by atoms with Crippen molar-refractivity contribution in [3.05, 3.63) is 194 Å². The highest BCUT2D eigenvalue weighted by atomic mass is 16.6. The first-order chi connectivity index (χ1) is 38.5. The SMILES string of the molecule is CC/C=C\C/C=C\C/C=C\C/C=C\C/C=C\C/C=C\C/C=C\C/C=C\C/C=C\C/C=C\CCCCC(=O)OCC(COC(=O)CCCCCCC/C=C\CCC)OC(=O)CCC/C=C\C/C=C\C/C=C\C/C=C\C/C=C\CC. The van der Waals surface area contributed by atoms with Crippen molar-refractivity contribution < 1.29 is 28.6 Å². The lowest BCUT2D eigenvalue weighted by molar-refractivity contribution is -0.167. The molecule has 0 saturated heterocycles. The van der Waals surface area contributed by atoms with Gasteiger partial charge < -0.3 is 14.2 Å². The molecule has 0 heterocycles. The number of hydrogen-bond donors (Lipinski definition) is 0. The minimum absolute atomic E-state index is 0.129. The molecule has 0 spiro atoms. The third-order valence-corrected chi connectivity index (χ3v) is 11.8. The van der Waals surface area contributed by atoms with Crippen LogP contribution in [0.4, 0.5) is 0 Å². The number of esters is 3. The molecule has 6 heteroatoms. The van der Waals surface area contributed by atoms with Crippen molar-refractivity contribution in [3.63, 3.8) is 0 Å². The minimum Gasteiger partial charge on any atom is -0.462 e. The largest absolute Gasteiger partial charge is 0.462 e. The molecule has 0 aliphatic carbocycles. The summed E-state index contributed by atoms with van der Waals surface area (Å²) in [7, 11) is 0. The number of hydrogen-bond acceptors (Lipinski definition) is 6. The van der Waals surface area contributed by atoms with E-state index in [2.05, 4.69) is 215 Å². The topological polar surface area (TPSA) is 78.9 Å². The smallest absolute Gasteiger partial charge is 0.306 e. The van der Waals surface area contributed by atoms with E-state index >= 15 is 0 Å². The van der Waals surface area contributed by atoms with E-state index in [0.717, 1.165) is 154 Å². The molecule has 0 aromatic carbocycles. The molecule has 78 heavy (non-hydrogen) atoms. The van der Waals surface area contributed by atoms with Gasteiger partial charge in [-0.2, -0.15) is 0 Å². The van der Waals surface area contributed by atoms with E-state index in [9.17, 15) is 14.4 Å². The van der Waals surface area contributed by atoms with E-state index in [4.69, 9.17) is 14.2 Å². The zero-order chi connectivity index (χ0) is 56.4. The summed E-state index contributed by atoms with van der Waals surface area (Å²) < 4.78 is 16.7. The van der Waals surface area contributed by atoms with E-state index in [1.807, 2.05) is 0 Å². The third kappa shape index (κ3) is 61.1. The standard InChI is InChI=1S/C72H108O6/c1-4-7-10-13-16-19-22-24-26-28-29-30-31-32-33-34-35-36-37-38-39-40-41-42-43-45-46-48-50-53-56-59-62-65-71(74)77-68-69(67-76-70(73)64-61-58-55-52-21-18-15-12-9-6-3)78-72(75)66-63-60-57-54-51-49-47-44-27-25-23-20-17-14-11-8-5-2/h7-8,10-12,15-17,19-20,24-27,29-30,32-33,35-36,38-39,41-42,45-47,49-50,53-54,57,69H,4-6,9,13-14,18,21-23,28,31,34,37,40,43-44,48,51-52,55-56,58-68H2,1-3H3/b10-7-,11-8-,15-12-,19-16-,20-17-,26-24-,27-25-,30-29-,33-32-,36-35-,39-38-,42-41-,46-45-,49-47-,53-50-,57-54-. The molecule has 0 aromatic heterocycles. The Labute approximate surface area is 477 Å². The normalized spacial score (nSPS) is 13.5. The second-order valence-electron chi connectivity index (χ2n) is 19.1. The van der Waals surface area contributed by atoms with Crippen molar-refractivity contribution in [3.8, 4) is 0 Å². The monoisotopic (exact) mass is 1070 g/mol. The quantitative estimate of drug-likeness (QED) is 0.0261. The molecule has 1 atom stereocenters. The number of carbonyl (C=O) groups is 3. The highest BCUT2D eigenvalue weighted by Crippen LogP contribution is 2.11. The summed E-state index contributed by atoms with van der Waals surface area (Å²) in [4.78, 5) is 38.1. The van der Waals surface area contributed by atoms with Crippen molar-refractivity contribution >= 4 is 17.9 Å². The van der Waals surface area contributed by atoms with E-state index in [-0.39, 0.29) is 38.0 Å². The van der Waals surface area contributed by atoms with Gasteiger partial charge in [0.1, 0.15) is 13.2 Å². The number of rotatable bonds is 52. The van der Waals surface area contributed by atoms with Gasteiger partial charge in [-0.05, 0) is 154 Å². The summed E-state index contributed by atoms with van der Waals surface area (Å²) in [6, 6.07) is 0. The Bertz CT molecular complexity index is 1900. The van der Waals surface area contributed by atoms with Crippen LogP contribution in [0.5, 0.6) is 0 Å². The predicted molar refractivity (Wildman–Crippen MR) is 338 cm³/mol. The Kier molecular flexibility index (Phi) is 59.1. The molecule has 0 radical (unpaired) electrons. The first-order valence-electron chi connectivity index (χ1n) is 30.4. The first-order valence-corrected chi connectivity index (χ1v) is 30.4. The molecule has 0 N–H and O–H groups in total. The van der Waals surface area contributed by atoms with Gasteiger partial charge in [0.2, 0.25) is 0 Å². The lowest BCUT2D eigenvalue weighted by Crippen LogP contribution is -2.30. The molecule has 0 aliphatic heterocycles. The van der Waals surface area contributed by atoms with Gasteiger partial charge in [-0.25, -0.2) is 0 Å². The van der Waals surface area contributed by atoms with Gasteiger partial charge in [-0.1, -0.05) is 241 Å². The minimum atomic E-state index is -0.840. The van der Waals surface area contributed by atoms with Crippen molar-refractivity contribution in [1.29, 1.82) is 0 Å². The molecule has 0 aromatic rings. The lowest BCUT2D eigenvalue weighted by atomic mass is 10.1. The van der Waals surface area contributed by atoms with Crippen molar-refractivity contribution in [2.24, 2.45) is 0 Å². The van der Waals surface area contributed by atoms with Gasteiger partial charge in [0, 0.05) is 19.3 Å². The van der Waals surface area contributed by atoms with Gasteiger partial charge in [0.15, 0.2) is 6.10 Å². The van der Waals surface area contributed by atoms with E-state index in [1.54, 1.807) is 0 Å². The Morgan fingerprint density at radius 1 is 0.269 bits per heavy atom. The Balaban J connectivity index is 4.43. The summed E-state index contributed by atoms with van der Waals surface area (Å²) in [5.74, 6) is -1.06. The molecule has 0 fully saturated rings. The van der Waals surface area contributed by atoms with Crippen LogP contribution in [0, 0.1) is 0 Å². The van der Waals surface area contributed by atoms with Crippen LogP contribution in [-0.2, 0) is 28.6 Å². The average molecular weight is 1070 g/mol. The molecular formula is C72H108O6. The number of ether oxygens (including phenoxy) is 3. The summed E-state index contributed by atoms with van der Waals surface area (Å²) in [5.41, 5.74) is 0. The molecule has 0 amide bonds. The van der Waals surface area contributed by atoms with Crippen LogP contribution in [0.25, 0.3) is 0 Å². The highest BCUT2D eigenvalue weighted by Gasteiger charge is 2.19. The summed E-state index contributed by atoms with van der Waals surface area (Å²) in [5, 5.41) is 0. The van der Waals surface area contributed by atoms with Crippen LogP contribution in [0.2, 0.25) is 0 Å². The zero-order valence-electron chi connectivity index (χ0n) is 49.3. The van der Waals surface area contributed by atoms with Crippen LogP contribution >= 0.6 is 0 Å². The van der Waals surface area contributed by atoms with Gasteiger partial charge in [-0.15, -0.1) is 0 Å². The third-order valence-electron chi connectivity index (χ3n) is 11.8. The summed E-state index contributed by atoms with van der Waals surface area (Å²) in [6.45, 7) is 6.23. The number of allylic oxidation sites excluding steroid dienone is 32. The van der Waals surface area contributed by atoms with Crippen LogP contribution in [0.15, 0.2) is 194 Å². The Morgan fingerprint density at radius 2 is 0.513 bits per heavy atom. The lowest BCUT2D eigenvalue weighted by Gasteiger charge is -2.18. The molecule has 6 nitrogen and oxygen atoms in total. The van der Waals surface area contributed by atoms with Crippen molar-refractivity contribution in [2.45, 2.75) is 226 Å². The van der Waals surface area contributed by atoms with E-state index < -0.39 is 12.1 Å². The van der Waals surface area contributed by atoms with Crippen LogP contribution < -0.4 is 0 Å². The van der Waals surface area contributed by atoms with Crippen molar-refractivity contribution in [2.75, 3.05) is 13.2 Å². The zero-order valence-corrected chi connectivity index (χ0v) is 49.3. The molecule has 432 valence electrons. The van der Waals surface area contributed by atoms with Crippen LogP contribution in [0.3, 0.4) is 0 Å². The van der Waals surface area contributed by atoms with Gasteiger partial charge in [0.25, 0.3) is 0 Å². The average Bonchev–Trinajstić information content (AvgIpc) is 3.44. The summed E-state index contributed by atoms with van der Waals surface area (Å²) >= 11 is 0. The maximum Gasteiger partial charge on any atom is 0.306 e. The van der Waals surface area contributed by atoms with Crippen LogP contribution in [0.1, 0.15) is 220 Å². The predicted octanol–water partition coefficient (Wildman–Crippen LogP) is 21.0. The fraction of sp³-hybridized carbons (Fsp3) is 0.514. The van der Waals surface area contributed by atoms with E-state index in [1.165, 1.54) is 12.8 Å². The number of unbranched alkanes of at least 4 members (excludes halogenated alkanes) is 9. The Hall–Kier alpha value is -5.75. The van der Waals surface area contributed by atoms with Crippen molar-refractivity contribution in [1.82, 2.24) is 0 Å². The van der Waals surface area contributed by atoms with Crippen LogP contribution in [-0.4, -0.2) is 37.2 Å². The van der Waals surface area contributed by atoms with E-state index in [0.29, 0.717) is 19.3 Å². The summed E-state index contributed by atoms with van der Waals surface area (Å²) in [6.07, 6.45) is 97.4. The molecule has 0 rings (SSSR count). The van der Waals surface area contributed by atoms with Gasteiger partial charge in [-0.3, -0.25) is 14.4 Å². The highest BCUT2D eigenvalue weighted by molar-refractivity contribution is 5.71. The second kappa shape index (κ2) is 63.8. The Morgan fingerprint density at radius 3 is 0.859 bits per heavy atom. The maximum atomic E-state index is 12.8. The second-order valence-corrected chi connectivity index (χ2v) is 19.1. The molecule has 0 bridgehead atoms. The first kappa shape index (κ1) is 72.2. The molecule has 0 aliphatic rings.